The third-order valence-electron chi connectivity index (χ3n) is 7.69. The molecule has 0 radical (unpaired) electrons. The molecule has 0 aliphatic rings. The van der Waals surface area contributed by atoms with Crippen molar-refractivity contribution in [2.45, 2.75) is 143 Å². The minimum atomic E-state index is -3.78. The molecule has 3 atom stereocenters. The predicted molar refractivity (Wildman–Crippen MR) is 197 cm³/mol. The maximum Gasteiger partial charge on any atom is 0.510 e. The molecule has 2 heterocycles. The fourth-order valence-electron chi connectivity index (χ4n) is 5.06. The number of fused-ring (bicyclic) bond motifs is 1. The smallest absolute Gasteiger partial charge is 0.432 e. The molecule has 0 aliphatic heterocycles. The molecule has 0 aromatic carbocycles. The predicted octanol–water partition coefficient (Wildman–Crippen LogP) is 8.47. The van der Waals surface area contributed by atoms with Gasteiger partial charge in [-0.1, -0.05) is 102 Å². The Morgan fingerprint density at radius 1 is 0.896 bits per heavy atom. The Labute approximate surface area is 295 Å². The number of anilines is 1. The van der Waals surface area contributed by atoms with Crippen molar-refractivity contribution >= 4 is 51.4 Å². The van der Waals surface area contributed by atoms with Gasteiger partial charge in [0.25, 0.3) is 0 Å². The third-order valence-corrected chi connectivity index (χ3v) is 11.7. The first-order chi connectivity index (χ1) is 23.1. The van der Waals surface area contributed by atoms with Gasteiger partial charge in [0.15, 0.2) is 11.5 Å². The van der Waals surface area contributed by atoms with Crippen molar-refractivity contribution in [3.05, 3.63) is 12.7 Å². The Balaban J connectivity index is 1.66. The lowest BCUT2D eigenvalue weighted by atomic mass is 10.0. The van der Waals surface area contributed by atoms with E-state index in [0.29, 0.717) is 24.1 Å². The van der Waals surface area contributed by atoms with Gasteiger partial charge in [-0.3, -0.25) is 9.09 Å². The molecule has 0 spiro atoms. The Bertz CT molecular complexity index is 1240. The summed E-state index contributed by atoms with van der Waals surface area (Å²) < 4.78 is 42.2. The number of nitrogen functional groups attached to an aromatic ring is 1. The zero-order valence-electron chi connectivity index (χ0n) is 29.6. The maximum atomic E-state index is 13.6. The maximum absolute atomic E-state index is 13.6. The van der Waals surface area contributed by atoms with Crippen LogP contribution in [0.25, 0.3) is 11.2 Å². The minimum Gasteiger partial charge on any atom is -0.432 e. The number of nitrogens with zero attached hydrogens (tertiary/aromatic N) is 4. The van der Waals surface area contributed by atoms with Crippen LogP contribution in [0, 0.1) is 0 Å². The molecular formula is C33H60N5O7PS2. The first-order valence-electron chi connectivity index (χ1n) is 17.7. The fraction of sp³-hybridized carbons (Fsp3) is 0.818. The molecule has 2 aromatic heterocycles. The van der Waals surface area contributed by atoms with Gasteiger partial charge in [0.05, 0.1) is 31.7 Å². The zero-order valence-corrected chi connectivity index (χ0v) is 32.2. The van der Waals surface area contributed by atoms with E-state index in [1.165, 1.54) is 89.8 Å². The number of carbonyl (C=O) groups is 1. The Kier molecular flexibility index (Phi) is 22.4. The summed E-state index contributed by atoms with van der Waals surface area (Å²) in [7, 11) is -3.93. The van der Waals surface area contributed by atoms with E-state index in [-0.39, 0.29) is 34.3 Å². The SMILES string of the molecule is CCCCCCCCCCCCCCCCS(=S)CCCO[P@@](=O)(CO[C@H](C)Cn1cnc2c(N)ncnc21)OCOC(=O)OC(C)C. The van der Waals surface area contributed by atoms with Crippen molar-refractivity contribution in [3.8, 4) is 0 Å². The molecule has 1 unspecified atom stereocenters. The van der Waals surface area contributed by atoms with Gasteiger partial charge in [-0.15, -0.1) is 9.45 Å². The van der Waals surface area contributed by atoms with Gasteiger partial charge in [-0.05, 0) is 39.4 Å². The molecule has 0 aliphatic carbocycles. The molecule has 2 rings (SSSR count). The average molecular weight is 734 g/mol. The quantitative estimate of drug-likeness (QED) is 0.0370. The van der Waals surface area contributed by atoms with Crippen molar-refractivity contribution in [2.24, 2.45) is 0 Å². The van der Waals surface area contributed by atoms with Gasteiger partial charge in [0.2, 0.25) is 6.79 Å². The van der Waals surface area contributed by atoms with Crippen molar-refractivity contribution in [3.63, 3.8) is 0 Å². The van der Waals surface area contributed by atoms with Crippen LogP contribution >= 0.6 is 7.60 Å². The summed E-state index contributed by atoms with van der Waals surface area (Å²) in [6, 6.07) is 0. The number of rotatable bonds is 29. The number of nitrogens with two attached hydrogens (primary N) is 1. The topological polar surface area (TPSA) is 150 Å². The number of imidazole rings is 1. The lowest BCUT2D eigenvalue weighted by Crippen LogP contribution is -2.19. The standard InChI is InChI=1S/C33H60N5O7PS2/c1-5-6-7-8-9-10-11-12-13-14-15-16-17-18-21-48(47)22-19-20-43-46(40,44-26-41-33(39)45-28(2)3)27-42-29(4)23-38-25-37-30-31(34)35-24-36-32(30)38/h24-25,28-29H,5-23,26-27H2,1-4H3,(H2,34,35,36)/t29-,46+,48?/m1/s1. The van der Waals surface area contributed by atoms with E-state index >= 15 is 0 Å². The van der Waals surface area contributed by atoms with Gasteiger partial charge < -0.3 is 29.0 Å². The fourth-order valence-corrected chi connectivity index (χ4v) is 8.22. The molecular weight excluding hydrogens is 673 g/mol. The van der Waals surface area contributed by atoms with E-state index in [1.807, 2.05) is 6.92 Å². The second-order valence-corrected chi connectivity index (χ2v) is 17.6. The second kappa shape index (κ2) is 25.3. The normalized spacial score (nSPS) is 14.3. The molecule has 0 saturated carbocycles. The highest BCUT2D eigenvalue weighted by atomic mass is 32.8. The van der Waals surface area contributed by atoms with Crippen LogP contribution in [0.5, 0.6) is 0 Å². The van der Waals surface area contributed by atoms with Crippen LogP contribution in [0.4, 0.5) is 10.6 Å². The number of carbonyl (C=O) groups excluding carboxylic acids is 1. The molecule has 2 N–H and O–H groups in total. The lowest BCUT2D eigenvalue weighted by Gasteiger charge is -2.21. The third kappa shape index (κ3) is 18.9. The molecule has 0 bridgehead atoms. The zero-order chi connectivity index (χ0) is 35.0. The van der Waals surface area contributed by atoms with Crippen molar-refractivity contribution in [1.29, 1.82) is 0 Å². The van der Waals surface area contributed by atoms with Crippen molar-refractivity contribution in [2.75, 3.05) is 37.0 Å². The van der Waals surface area contributed by atoms with Crippen molar-refractivity contribution in [1.82, 2.24) is 19.5 Å². The van der Waals surface area contributed by atoms with Crippen LogP contribution in [0.15, 0.2) is 12.7 Å². The highest BCUT2D eigenvalue weighted by Crippen LogP contribution is 2.48. The van der Waals surface area contributed by atoms with Crippen LogP contribution in [-0.4, -0.2) is 69.1 Å². The van der Waals surface area contributed by atoms with Crippen LogP contribution in [-0.2, 0) is 55.0 Å². The first-order valence-corrected chi connectivity index (χ1v) is 21.9. The molecule has 0 saturated heterocycles. The van der Waals surface area contributed by atoms with Crippen LogP contribution in [0.3, 0.4) is 0 Å². The Morgan fingerprint density at radius 2 is 1.50 bits per heavy atom. The van der Waals surface area contributed by atoms with Gasteiger partial charge >= 0.3 is 13.8 Å². The summed E-state index contributed by atoms with van der Waals surface area (Å²) in [6.45, 7) is 7.44. The van der Waals surface area contributed by atoms with Crippen LogP contribution in [0.2, 0.25) is 0 Å². The molecule has 276 valence electrons. The molecule has 2 aromatic rings. The monoisotopic (exact) mass is 733 g/mol. The molecule has 0 amide bonds. The average Bonchev–Trinajstić information content (AvgIpc) is 3.45. The lowest BCUT2D eigenvalue weighted by molar-refractivity contribution is -0.0180. The van der Waals surface area contributed by atoms with Gasteiger partial charge in [-0.25, -0.2) is 19.7 Å². The van der Waals surface area contributed by atoms with Crippen LogP contribution < -0.4 is 5.73 Å². The van der Waals surface area contributed by atoms with Gasteiger partial charge in [0.1, 0.15) is 18.2 Å². The van der Waals surface area contributed by atoms with E-state index in [2.05, 4.69) is 21.9 Å². The largest absolute Gasteiger partial charge is 0.510 e. The molecule has 12 nitrogen and oxygen atoms in total. The number of hydrogen-bond acceptors (Lipinski definition) is 12. The minimum absolute atomic E-state index is 0.147. The summed E-state index contributed by atoms with van der Waals surface area (Å²) in [5.41, 5.74) is 6.95. The Morgan fingerprint density at radius 3 is 2.12 bits per heavy atom. The highest BCUT2D eigenvalue weighted by Gasteiger charge is 2.28. The van der Waals surface area contributed by atoms with E-state index in [9.17, 15) is 9.36 Å². The second-order valence-electron chi connectivity index (χ2n) is 12.5. The summed E-state index contributed by atoms with van der Waals surface area (Å²) in [5, 5.41) is 0. The van der Waals surface area contributed by atoms with Crippen molar-refractivity contribution < 1.29 is 32.6 Å². The molecule has 48 heavy (non-hydrogen) atoms. The van der Waals surface area contributed by atoms with Gasteiger partial charge in [0, 0.05) is 5.75 Å². The van der Waals surface area contributed by atoms with E-state index in [0.717, 1.165) is 17.9 Å². The van der Waals surface area contributed by atoms with E-state index < -0.39 is 26.6 Å². The van der Waals surface area contributed by atoms with Crippen LogP contribution in [0.1, 0.15) is 124 Å². The summed E-state index contributed by atoms with van der Waals surface area (Å²) in [4.78, 5) is 24.2. The van der Waals surface area contributed by atoms with E-state index in [4.69, 9.17) is 40.2 Å². The summed E-state index contributed by atoms with van der Waals surface area (Å²) in [6.07, 6.45) is 20.3. The summed E-state index contributed by atoms with van der Waals surface area (Å²) >= 11 is 5.70. The van der Waals surface area contributed by atoms with E-state index in [1.54, 1.807) is 24.7 Å². The molecule has 15 heteroatoms. The van der Waals surface area contributed by atoms with Gasteiger partial charge in [-0.2, -0.15) is 0 Å². The Hall–Kier alpha value is -1.70. The number of aromatic nitrogens is 4. The number of hydrogen-bond donors (Lipinski definition) is 1. The highest BCUT2D eigenvalue weighted by molar-refractivity contribution is 8.28. The first kappa shape index (κ1) is 42.5. The number of ether oxygens (including phenoxy) is 3. The number of unbranched alkanes of at least 4 members (excludes halogenated alkanes) is 13. The molecule has 0 fully saturated rings. The summed E-state index contributed by atoms with van der Waals surface area (Å²) in [5.74, 6) is 2.12.